The van der Waals surface area contributed by atoms with Crippen molar-refractivity contribution in [2.45, 2.75) is 19.5 Å². The molecule has 5 nitrogen and oxygen atoms in total. The number of hydrogen-bond donors (Lipinski definition) is 2. The van der Waals surface area contributed by atoms with Gasteiger partial charge in [0.15, 0.2) is 12.6 Å². The van der Waals surface area contributed by atoms with Crippen molar-refractivity contribution >= 4 is 29.1 Å². The molecule has 2 amide bonds. The van der Waals surface area contributed by atoms with E-state index in [0.717, 1.165) is 10.5 Å². The lowest BCUT2D eigenvalue weighted by molar-refractivity contribution is -0.886. The maximum absolute atomic E-state index is 13.3. The maximum Gasteiger partial charge on any atom is 0.280 e. The number of carbonyl (C=O) groups excluding carboxylic acids is 2. The molecule has 2 aromatic carbocycles. The van der Waals surface area contributed by atoms with Gasteiger partial charge in [0.1, 0.15) is 5.82 Å². The summed E-state index contributed by atoms with van der Waals surface area (Å²) in [4.78, 5) is 27.1. The van der Waals surface area contributed by atoms with Crippen molar-refractivity contribution in [1.29, 1.82) is 0 Å². The minimum atomic E-state index is -0.417. The summed E-state index contributed by atoms with van der Waals surface area (Å²) in [6, 6.07) is 12.6. The second kappa shape index (κ2) is 9.48. The Labute approximate surface area is 163 Å². The van der Waals surface area contributed by atoms with Crippen LogP contribution in [0.3, 0.4) is 0 Å². The molecule has 2 aromatic rings. The minimum Gasteiger partial charge on any atom is -0.336 e. The van der Waals surface area contributed by atoms with Crippen LogP contribution >= 0.6 is 11.6 Å². The predicted molar refractivity (Wildman–Crippen MR) is 104 cm³/mol. The van der Waals surface area contributed by atoms with Gasteiger partial charge < -0.3 is 15.1 Å². The van der Waals surface area contributed by atoms with E-state index in [4.69, 9.17) is 11.6 Å². The summed E-state index contributed by atoms with van der Waals surface area (Å²) < 4.78 is 13.3. The molecule has 0 aliphatic rings. The number of carbonyl (C=O) groups is 2. The number of amides is 2. The molecule has 0 aliphatic heterocycles. The Balaban J connectivity index is 1.88. The summed E-state index contributed by atoms with van der Waals surface area (Å²) in [5.74, 6) is -0.638. The predicted octanol–water partition coefficient (Wildman–Crippen LogP) is 1.98. The monoisotopic (exact) mass is 392 g/mol. The number of halogens is 2. The van der Waals surface area contributed by atoms with Crippen LogP contribution in [0, 0.1) is 5.82 Å². The first-order valence-electron chi connectivity index (χ1n) is 8.63. The SMILES string of the molecule is C[C@@H](C(=O)N(C)Cc1cccc(F)c1)[NH+](C)CC(=O)Nc1ccc(Cl)cc1. The zero-order valence-corrected chi connectivity index (χ0v) is 16.4. The molecule has 0 fully saturated rings. The third kappa shape index (κ3) is 6.34. The smallest absolute Gasteiger partial charge is 0.280 e. The standard InChI is InChI=1S/C20H23ClFN3O2/c1-14(20(27)25(3)12-15-5-4-6-17(22)11-15)24(2)13-19(26)23-18-9-7-16(21)8-10-18/h4-11,14H,12-13H2,1-3H3,(H,23,26)/p+1/t14-/m0/s1. The van der Waals surface area contributed by atoms with Crippen molar-refractivity contribution in [3.63, 3.8) is 0 Å². The Morgan fingerprint density at radius 3 is 2.52 bits per heavy atom. The lowest BCUT2D eigenvalue weighted by Crippen LogP contribution is -3.15. The summed E-state index contributed by atoms with van der Waals surface area (Å²) in [6.45, 7) is 2.23. The average Bonchev–Trinajstić information content (AvgIpc) is 2.62. The Hall–Kier alpha value is -2.44. The largest absolute Gasteiger partial charge is 0.336 e. The second-order valence-electron chi connectivity index (χ2n) is 6.62. The molecule has 27 heavy (non-hydrogen) atoms. The van der Waals surface area contributed by atoms with Crippen LogP contribution in [0.4, 0.5) is 10.1 Å². The van der Waals surface area contributed by atoms with Crippen LogP contribution in [0.25, 0.3) is 0 Å². The van der Waals surface area contributed by atoms with Crippen LogP contribution in [0.5, 0.6) is 0 Å². The quantitative estimate of drug-likeness (QED) is 0.757. The van der Waals surface area contributed by atoms with Gasteiger partial charge in [-0.3, -0.25) is 9.59 Å². The average molecular weight is 393 g/mol. The van der Waals surface area contributed by atoms with E-state index in [1.807, 2.05) is 0 Å². The number of rotatable bonds is 7. The van der Waals surface area contributed by atoms with Gasteiger partial charge in [0.05, 0.1) is 7.05 Å². The lowest BCUT2D eigenvalue weighted by Gasteiger charge is -2.25. The van der Waals surface area contributed by atoms with Gasteiger partial charge in [-0.2, -0.15) is 0 Å². The highest BCUT2D eigenvalue weighted by Gasteiger charge is 2.26. The fourth-order valence-electron chi connectivity index (χ4n) is 2.67. The maximum atomic E-state index is 13.3. The molecule has 0 saturated heterocycles. The van der Waals surface area contributed by atoms with E-state index >= 15 is 0 Å². The molecule has 0 aliphatic carbocycles. The van der Waals surface area contributed by atoms with E-state index in [1.165, 1.54) is 12.1 Å². The molecule has 7 heteroatoms. The summed E-state index contributed by atoms with van der Waals surface area (Å²) in [7, 11) is 3.46. The van der Waals surface area contributed by atoms with Crippen LogP contribution in [-0.2, 0) is 16.1 Å². The lowest BCUT2D eigenvalue weighted by atomic mass is 10.2. The van der Waals surface area contributed by atoms with E-state index in [1.54, 1.807) is 62.3 Å². The van der Waals surface area contributed by atoms with E-state index < -0.39 is 6.04 Å². The van der Waals surface area contributed by atoms with Crippen molar-refractivity contribution in [3.8, 4) is 0 Å². The van der Waals surface area contributed by atoms with Gasteiger partial charge in [-0.05, 0) is 48.9 Å². The highest BCUT2D eigenvalue weighted by Crippen LogP contribution is 2.13. The van der Waals surface area contributed by atoms with Gasteiger partial charge >= 0.3 is 0 Å². The number of anilines is 1. The van der Waals surface area contributed by atoms with Crippen LogP contribution in [0.2, 0.25) is 5.02 Å². The second-order valence-corrected chi connectivity index (χ2v) is 7.06. The first kappa shape index (κ1) is 20.9. The number of quaternary nitrogens is 1. The molecule has 2 N–H and O–H groups in total. The summed E-state index contributed by atoms with van der Waals surface area (Å²) in [5, 5.41) is 3.38. The number of likely N-dealkylation sites (N-methyl/N-ethyl adjacent to an activating group) is 2. The number of benzene rings is 2. The molecule has 0 heterocycles. The Morgan fingerprint density at radius 1 is 1.22 bits per heavy atom. The van der Waals surface area contributed by atoms with Crippen LogP contribution in [0.1, 0.15) is 12.5 Å². The van der Waals surface area contributed by atoms with Gasteiger partial charge in [-0.1, -0.05) is 23.7 Å². The summed E-state index contributed by atoms with van der Waals surface area (Å²) in [6.07, 6.45) is 0. The van der Waals surface area contributed by atoms with Crippen molar-refractivity contribution in [2.24, 2.45) is 0 Å². The zero-order chi connectivity index (χ0) is 20.0. The first-order chi connectivity index (χ1) is 12.8. The van der Waals surface area contributed by atoms with Crippen molar-refractivity contribution in [2.75, 3.05) is 26.0 Å². The van der Waals surface area contributed by atoms with Gasteiger partial charge in [-0.25, -0.2) is 4.39 Å². The molecule has 2 rings (SSSR count). The molecule has 144 valence electrons. The summed E-state index contributed by atoms with van der Waals surface area (Å²) >= 11 is 5.83. The van der Waals surface area contributed by atoms with Gasteiger partial charge in [0.25, 0.3) is 11.8 Å². The van der Waals surface area contributed by atoms with Crippen molar-refractivity contribution in [3.05, 3.63) is 64.9 Å². The molecule has 0 saturated carbocycles. The van der Waals surface area contributed by atoms with Crippen LogP contribution in [0.15, 0.2) is 48.5 Å². The van der Waals surface area contributed by atoms with E-state index in [-0.39, 0.29) is 24.2 Å². The zero-order valence-electron chi connectivity index (χ0n) is 15.6. The van der Waals surface area contributed by atoms with E-state index in [9.17, 15) is 14.0 Å². The summed E-state index contributed by atoms with van der Waals surface area (Å²) in [5.41, 5.74) is 1.37. The molecule has 0 bridgehead atoms. The number of hydrogen-bond acceptors (Lipinski definition) is 2. The van der Waals surface area contributed by atoms with Gasteiger partial charge in [0, 0.05) is 24.3 Å². The molecule has 0 aromatic heterocycles. The molecular weight excluding hydrogens is 369 g/mol. The number of nitrogens with one attached hydrogen (secondary N) is 2. The topological polar surface area (TPSA) is 53.9 Å². The third-order valence-corrected chi connectivity index (χ3v) is 4.61. The van der Waals surface area contributed by atoms with Gasteiger partial charge in [0.2, 0.25) is 0 Å². The van der Waals surface area contributed by atoms with E-state index in [0.29, 0.717) is 17.3 Å². The Morgan fingerprint density at radius 2 is 1.89 bits per heavy atom. The number of nitrogens with zero attached hydrogens (tertiary/aromatic N) is 1. The highest BCUT2D eigenvalue weighted by atomic mass is 35.5. The molecule has 2 atom stereocenters. The molecule has 0 spiro atoms. The van der Waals surface area contributed by atoms with Crippen molar-refractivity contribution in [1.82, 2.24) is 4.90 Å². The normalized spacial score (nSPS) is 12.9. The Kier molecular flexibility index (Phi) is 7.33. The third-order valence-electron chi connectivity index (χ3n) is 4.36. The molecular formula is C20H24ClFN3O2+. The minimum absolute atomic E-state index is 0.115. The highest BCUT2D eigenvalue weighted by molar-refractivity contribution is 6.30. The Bertz CT molecular complexity index is 798. The van der Waals surface area contributed by atoms with Crippen molar-refractivity contribution < 1.29 is 18.9 Å². The van der Waals surface area contributed by atoms with Gasteiger partial charge in [-0.15, -0.1) is 0 Å². The fraction of sp³-hybridized carbons (Fsp3) is 0.300. The van der Waals surface area contributed by atoms with Crippen LogP contribution < -0.4 is 10.2 Å². The molecule has 0 radical (unpaired) electrons. The molecule has 1 unspecified atom stereocenters. The van der Waals surface area contributed by atoms with E-state index in [2.05, 4.69) is 5.32 Å². The van der Waals surface area contributed by atoms with Crippen LogP contribution in [-0.4, -0.2) is 43.4 Å². The first-order valence-corrected chi connectivity index (χ1v) is 9.01. The fourth-order valence-corrected chi connectivity index (χ4v) is 2.80.